The van der Waals surface area contributed by atoms with E-state index in [0.717, 1.165) is 63.0 Å². The van der Waals surface area contributed by atoms with E-state index in [1.807, 2.05) is 40.0 Å². The summed E-state index contributed by atoms with van der Waals surface area (Å²) in [7, 11) is 1.88. The second kappa shape index (κ2) is 14.2. The standard InChI is InChI=1S/C36H43FN4/c1-9-29(20-31(10-2)40-23(3)19-28-15-16-28)30-17-18-36(39-8)33(21-30)24(4)26(6)41-27(7)25(5)34(22-38)32-13-11-12-14-35(32)37/h9-14,17-18,20-22,28,39-41H,2-4,6,15-16,19,38H2,1,5,7-8H3/b27-25+,29-9+,31-20+,34-22+. The summed E-state index contributed by atoms with van der Waals surface area (Å²) in [4.78, 5) is 0. The van der Waals surface area contributed by atoms with Gasteiger partial charge in [-0.25, -0.2) is 4.39 Å². The molecule has 0 amide bonds. The average molecular weight is 551 g/mol. The van der Waals surface area contributed by atoms with Crippen molar-refractivity contribution < 1.29 is 4.39 Å². The highest BCUT2D eigenvalue weighted by molar-refractivity contribution is 5.87. The Morgan fingerprint density at radius 1 is 1.05 bits per heavy atom. The molecule has 1 fully saturated rings. The molecule has 0 radical (unpaired) electrons. The van der Waals surface area contributed by atoms with Gasteiger partial charge in [0.1, 0.15) is 5.82 Å². The number of hydrogen-bond acceptors (Lipinski definition) is 4. The van der Waals surface area contributed by atoms with Crippen LogP contribution in [0.15, 0.2) is 122 Å². The first-order chi connectivity index (χ1) is 19.6. The van der Waals surface area contributed by atoms with Crippen molar-refractivity contribution in [3.05, 3.63) is 144 Å². The lowest BCUT2D eigenvalue weighted by atomic mass is 9.95. The van der Waals surface area contributed by atoms with Gasteiger partial charge in [0.15, 0.2) is 0 Å². The normalized spacial score (nSPS) is 14.6. The Labute approximate surface area is 245 Å². The highest BCUT2D eigenvalue weighted by atomic mass is 19.1. The SMILES string of the molecule is C=C/C(=C\C(=C/C)c1ccc(NC)c(C(=C)C(=C)N/C(C)=C(C)/C(=C\N)c2ccccc2F)c1)NC(=C)CC1CC1. The molecule has 214 valence electrons. The van der Waals surface area contributed by atoms with E-state index in [1.54, 1.807) is 18.2 Å². The van der Waals surface area contributed by atoms with Gasteiger partial charge in [-0.15, -0.1) is 0 Å². The molecule has 1 aliphatic carbocycles. The van der Waals surface area contributed by atoms with E-state index in [1.165, 1.54) is 25.1 Å². The van der Waals surface area contributed by atoms with Gasteiger partial charge >= 0.3 is 0 Å². The maximum Gasteiger partial charge on any atom is 0.131 e. The Balaban J connectivity index is 1.86. The summed E-state index contributed by atoms with van der Waals surface area (Å²) in [5.74, 6) is 0.428. The predicted octanol–water partition coefficient (Wildman–Crippen LogP) is 8.65. The zero-order chi connectivity index (χ0) is 30.1. The molecule has 0 atom stereocenters. The molecule has 4 nitrogen and oxygen atoms in total. The van der Waals surface area contributed by atoms with Crippen LogP contribution in [-0.2, 0) is 0 Å². The van der Waals surface area contributed by atoms with Gasteiger partial charge < -0.3 is 21.7 Å². The third-order valence-electron chi connectivity index (χ3n) is 7.34. The van der Waals surface area contributed by atoms with Gasteiger partial charge in [-0.3, -0.25) is 0 Å². The Kier molecular flexibility index (Phi) is 10.8. The fourth-order valence-corrected chi connectivity index (χ4v) is 4.62. The highest BCUT2D eigenvalue weighted by Crippen LogP contribution is 2.35. The lowest BCUT2D eigenvalue weighted by Gasteiger charge is -2.20. The Morgan fingerprint density at radius 3 is 2.34 bits per heavy atom. The van der Waals surface area contributed by atoms with E-state index >= 15 is 0 Å². The molecule has 0 spiro atoms. The van der Waals surface area contributed by atoms with Gasteiger partial charge in [-0.05, 0) is 98.6 Å². The van der Waals surface area contributed by atoms with Crippen LogP contribution in [-0.4, -0.2) is 7.05 Å². The molecule has 0 heterocycles. The van der Waals surface area contributed by atoms with E-state index in [-0.39, 0.29) is 5.82 Å². The van der Waals surface area contributed by atoms with Crippen LogP contribution in [0.5, 0.6) is 0 Å². The van der Waals surface area contributed by atoms with Gasteiger partial charge in [0.25, 0.3) is 0 Å². The van der Waals surface area contributed by atoms with Crippen molar-refractivity contribution >= 4 is 22.4 Å². The van der Waals surface area contributed by atoms with E-state index in [4.69, 9.17) is 5.73 Å². The van der Waals surface area contributed by atoms with Gasteiger partial charge in [0, 0.05) is 58.4 Å². The molecule has 5 N–H and O–H groups in total. The second-order valence-electron chi connectivity index (χ2n) is 10.3. The smallest absolute Gasteiger partial charge is 0.131 e. The Morgan fingerprint density at radius 2 is 1.76 bits per heavy atom. The number of benzene rings is 2. The molecule has 2 aromatic rings. The first-order valence-electron chi connectivity index (χ1n) is 13.9. The topological polar surface area (TPSA) is 62.1 Å². The quantitative estimate of drug-likeness (QED) is 0.178. The number of nitrogens with two attached hydrogens (primary N) is 1. The lowest BCUT2D eigenvalue weighted by Crippen LogP contribution is -2.14. The van der Waals surface area contributed by atoms with Crippen LogP contribution in [0.25, 0.3) is 16.7 Å². The summed E-state index contributed by atoms with van der Waals surface area (Å²) in [6.45, 7) is 22.6. The minimum Gasteiger partial charge on any atom is -0.404 e. The molecular formula is C36H43FN4. The maximum absolute atomic E-state index is 14.5. The van der Waals surface area contributed by atoms with Crippen molar-refractivity contribution in [2.45, 2.75) is 40.0 Å². The summed E-state index contributed by atoms with van der Waals surface area (Å²) in [6.07, 6.45) is 11.0. The third-order valence-corrected chi connectivity index (χ3v) is 7.34. The lowest BCUT2D eigenvalue weighted by molar-refractivity contribution is 0.624. The Bertz CT molecular complexity index is 1460. The largest absolute Gasteiger partial charge is 0.404 e. The minimum atomic E-state index is -0.328. The van der Waals surface area contributed by atoms with Crippen LogP contribution in [0.2, 0.25) is 0 Å². The fraction of sp³-hybridized carbons (Fsp3) is 0.222. The van der Waals surface area contributed by atoms with Crippen LogP contribution >= 0.6 is 0 Å². The average Bonchev–Trinajstić information content (AvgIpc) is 3.79. The molecule has 5 heteroatoms. The number of halogens is 1. The molecule has 1 saturated carbocycles. The van der Waals surface area contributed by atoms with Crippen LogP contribution in [0.3, 0.4) is 0 Å². The van der Waals surface area contributed by atoms with Crippen molar-refractivity contribution in [2.24, 2.45) is 11.7 Å². The van der Waals surface area contributed by atoms with Crippen molar-refractivity contribution in [1.82, 2.24) is 10.6 Å². The molecule has 1 aliphatic rings. The minimum absolute atomic E-state index is 0.328. The van der Waals surface area contributed by atoms with Crippen LogP contribution in [0, 0.1) is 11.7 Å². The number of nitrogens with one attached hydrogen (secondary N) is 3. The van der Waals surface area contributed by atoms with Crippen molar-refractivity contribution in [3.63, 3.8) is 0 Å². The molecule has 0 aliphatic heterocycles. The van der Waals surface area contributed by atoms with Gasteiger partial charge in [-0.1, -0.05) is 56.7 Å². The number of rotatable bonds is 14. The molecule has 3 rings (SSSR count). The first kappa shape index (κ1) is 31.0. The van der Waals surface area contributed by atoms with E-state index in [0.29, 0.717) is 16.8 Å². The summed E-state index contributed by atoms with van der Waals surface area (Å²) in [5, 5.41) is 10.0. The van der Waals surface area contributed by atoms with E-state index < -0.39 is 0 Å². The van der Waals surface area contributed by atoms with Crippen molar-refractivity contribution in [2.75, 3.05) is 12.4 Å². The molecule has 0 aromatic heterocycles. The monoisotopic (exact) mass is 550 g/mol. The van der Waals surface area contributed by atoms with Gasteiger partial charge in [0.05, 0.1) is 0 Å². The van der Waals surface area contributed by atoms with Crippen molar-refractivity contribution in [1.29, 1.82) is 0 Å². The van der Waals surface area contributed by atoms with Crippen LogP contribution < -0.4 is 21.7 Å². The number of allylic oxidation sites excluding steroid dienone is 9. The molecule has 0 saturated heterocycles. The van der Waals surface area contributed by atoms with Crippen molar-refractivity contribution in [3.8, 4) is 0 Å². The van der Waals surface area contributed by atoms with Gasteiger partial charge in [0.2, 0.25) is 0 Å². The van der Waals surface area contributed by atoms with E-state index in [2.05, 4.69) is 66.6 Å². The highest BCUT2D eigenvalue weighted by Gasteiger charge is 2.22. The first-order valence-corrected chi connectivity index (χ1v) is 13.9. The zero-order valence-electron chi connectivity index (χ0n) is 24.8. The molecule has 41 heavy (non-hydrogen) atoms. The summed E-state index contributed by atoms with van der Waals surface area (Å²) in [6, 6.07) is 12.8. The summed E-state index contributed by atoms with van der Waals surface area (Å²) < 4.78 is 14.5. The molecule has 2 aromatic carbocycles. The van der Waals surface area contributed by atoms with Crippen LogP contribution in [0.4, 0.5) is 10.1 Å². The molecule has 0 unspecified atom stereocenters. The zero-order valence-corrected chi connectivity index (χ0v) is 24.8. The number of anilines is 1. The maximum atomic E-state index is 14.5. The fourth-order valence-electron chi connectivity index (χ4n) is 4.62. The van der Waals surface area contributed by atoms with Gasteiger partial charge in [-0.2, -0.15) is 0 Å². The van der Waals surface area contributed by atoms with Crippen LogP contribution in [0.1, 0.15) is 56.7 Å². The Hall–Kier alpha value is -4.51. The summed E-state index contributed by atoms with van der Waals surface area (Å²) >= 11 is 0. The number of hydrogen-bond donors (Lipinski definition) is 4. The third kappa shape index (κ3) is 8.01. The molecular weight excluding hydrogens is 507 g/mol. The predicted molar refractivity (Wildman–Crippen MR) is 176 cm³/mol. The van der Waals surface area contributed by atoms with E-state index in [9.17, 15) is 4.39 Å². The molecule has 0 bridgehead atoms. The summed E-state index contributed by atoms with van der Waals surface area (Å²) in [5.41, 5.74) is 15.8. The second-order valence-corrected chi connectivity index (χ2v) is 10.3.